The van der Waals surface area contributed by atoms with E-state index in [1.807, 2.05) is 24.7 Å². The zero-order valence-corrected chi connectivity index (χ0v) is 16.4. The average Bonchev–Trinajstić information content (AvgIpc) is 3.26. The normalized spacial score (nSPS) is 15.7. The van der Waals surface area contributed by atoms with Crippen LogP contribution in [0.15, 0.2) is 12.3 Å². The molecule has 0 unspecified atom stereocenters. The Balaban J connectivity index is 1.57. The summed E-state index contributed by atoms with van der Waals surface area (Å²) in [6.45, 7) is 7.15. The van der Waals surface area contributed by atoms with Crippen molar-refractivity contribution in [3.05, 3.63) is 34.9 Å². The molecule has 2 aromatic heterocycles. The monoisotopic (exact) mass is 416 g/mol. The number of halogens is 4. The highest BCUT2D eigenvalue weighted by molar-refractivity contribution is 5.76. The van der Waals surface area contributed by atoms with E-state index < -0.39 is 36.7 Å². The molecular weight excluding hydrogens is 392 g/mol. The van der Waals surface area contributed by atoms with E-state index in [9.17, 15) is 22.4 Å². The summed E-state index contributed by atoms with van der Waals surface area (Å²) >= 11 is 0. The number of aryl methyl sites for hydroxylation is 2. The summed E-state index contributed by atoms with van der Waals surface area (Å²) in [7, 11) is 0. The molecule has 7 nitrogen and oxygen atoms in total. The number of rotatable bonds is 7. The van der Waals surface area contributed by atoms with Gasteiger partial charge in [0, 0.05) is 51.0 Å². The van der Waals surface area contributed by atoms with Crippen molar-refractivity contribution in [1.82, 2.24) is 29.4 Å². The van der Waals surface area contributed by atoms with Crippen molar-refractivity contribution in [1.29, 1.82) is 0 Å². The van der Waals surface area contributed by atoms with Crippen LogP contribution in [0.1, 0.15) is 42.4 Å². The molecule has 0 radical (unpaired) electrons. The molecule has 0 spiro atoms. The van der Waals surface area contributed by atoms with Crippen molar-refractivity contribution in [2.24, 2.45) is 0 Å². The van der Waals surface area contributed by atoms with Gasteiger partial charge in [0.1, 0.15) is 17.9 Å². The lowest BCUT2D eigenvalue weighted by atomic mass is 10.2. The van der Waals surface area contributed by atoms with E-state index in [4.69, 9.17) is 0 Å². The van der Waals surface area contributed by atoms with Crippen LogP contribution in [0.25, 0.3) is 0 Å². The van der Waals surface area contributed by atoms with Crippen LogP contribution in [0.4, 0.5) is 17.6 Å². The Bertz CT molecular complexity index is 842. The Morgan fingerprint density at radius 3 is 2.34 bits per heavy atom. The summed E-state index contributed by atoms with van der Waals surface area (Å²) in [6, 6.07) is 0.652. The summed E-state index contributed by atoms with van der Waals surface area (Å²) in [5, 5.41) is 7.90. The minimum atomic E-state index is -2.98. The van der Waals surface area contributed by atoms with Crippen molar-refractivity contribution in [3.8, 4) is 0 Å². The Kier molecular flexibility index (Phi) is 6.56. The smallest absolute Gasteiger partial charge is 0.282 e. The first-order valence-electron chi connectivity index (χ1n) is 9.45. The lowest BCUT2D eigenvalue weighted by Gasteiger charge is -2.34. The Labute approximate surface area is 165 Å². The highest BCUT2D eigenvalue weighted by Gasteiger charge is 2.26. The quantitative estimate of drug-likeness (QED) is 0.652. The van der Waals surface area contributed by atoms with Crippen molar-refractivity contribution in [3.63, 3.8) is 0 Å². The second-order valence-electron chi connectivity index (χ2n) is 7.01. The molecule has 0 bridgehead atoms. The van der Waals surface area contributed by atoms with Crippen LogP contribution < -0.4 is 0 Å². The van der Waals surface area contributed by atoms with Crippen molar-refractivity contribution >= 4 is 5.91 Å². The van der Waals surface area contributed by atoms with Crippen molar-refractivity contribution < 1.29 is 22.4 Å². The van der Waals surface area contributed by atoms with Crippen LogP contribution in [0, 0.1) is 6.92 Å². The van der Waals surface area contributed by atoms with E-state index in [-0.39, 0.29) is 0 Å². The van der Waals surface area contributed by atoms with Gasteiger partial charge in [0.2, 0.25) is 5.91 Å². The summed E-state index contributed by atoms with van der Waals surface area (Å²) in [4.78, 5) is 16.2. The number of aromatic nitrogens is 4. The van der Waals surface area contributed by atoms with E-state index in [1.165, 1.54) is 0 Å². The molecule has 0 saturated carbocycles. The lowest BCUT2D eigenvalue weighted by molar-refractivity contribution is -0.134. The molecule has 0 N–H and O–H groups in total. The van der Waals surface area contributed by atoms with Gasteiger partial charge in [0.05, 0.1) is 5.69 Å². The van der Waals surface area contributed by atoms with Gasteiger partial charge in [-0.1, -0.05) is 0 Å². The summed E-state index contributed by atoms with van der Waals surface area (Å²) in [5.74, 6) is -0.412. The number of carbonyl (C=O) groups is 1. The number of piperazine rings is 1. The number of nitrogens with zero attached hydrogens (tertiary/aromatic N) is 6. The lowest BCUT2D eigenvalue weighted by Crippen LogP contribution is -2.49. The van der Waals surface area contributed by atoms with Gasteiger partial charge in [-0.05, 0) is 19.9 Å². The number of hydrogen-bond acceptors (Lipinski definition) is 4. The van der Waals surface area contributed by atoms with E-state index >= 15 is 0 Å². The zero-order valence-electron chi connectivity index (χ0n) is 16.4. The fourth-order valence-electron chi connectivity index (χ4n) is 3.36. The molecule has 160 valence electrons. The van der Waals surface area contributed by atoms with Crippen LogP contribution in [0.5, 0.6) is 0 Å². The molecule has 1 fully saturated rings. The predicted molar refractivity (Wildman–Crippen MR) is 96.6 cm³/mol. The van der Waals surface area contributed by atoms with Gasteiger partial charge in [-0.2, -0.15) is 10.2 Å². The van der Waals surface area contributed by atoms with Gasteiger partial charge in [-0.3, -0.25) is 19.1 Å². The molecular formula is C18H24F4N6O. The number of amides is 1. The minimum Gasteiger partial charge on any atom is -0.339 e. The summed E-state index contributed by atoms with van der Waals surface area (Å²) in [6.07, 6.45) is -3.93. The van der Waals surface area contributed by atoms with Crippen LogP contribution in [0.3, 0.4) is 0 Å². The molecule has 11 heteroatoms. The van der Waals surface area contributed by atoms with Gasteiger partial charge >= 0.3 is 0 Å². The van der Waals surface area contributed by atoms with Gasteiger partial charge < -0.3 is 4.90 Å². The number of carbonyl (C=O) groups excluding carboxylic acids is 1. The molecule has 29 heavy (non-hydrogen) atoms. The first-order valence-corrected chi connectivity index (χ1v) is 9.45. The molecule has 1 saturated heterocycles. The fraction of sp³-hybridized carbons (Fsp3) is 0.611. The Morgan fingerprint density at radius 2 is 1.79 bits per heavy atom. The first-order chi connectivity index (χ1) is 13.8. The molecule has 2 aromatic rings. The third-order valence-corrected chi connectivity index (χ3v) is 5.05. The third kappa shape index (κ3) is 4.95. The minimum absolute atomic E-state index is 0.412. The van der Waals surface area contributed by atoms with Crippen LogP contribution in [-0.4, -0.2) is 61.4 Å². The highest BCUT2D eigenvalue weighted by Crippen LogP contribution is 2.25. The summed E-state index contributed by atoms with van der Waals surface area (Å²) in [5.41, 5.74) is 0.680. The molecule has 3 heterocycles. The first kappa shape index (κ1) is 21.3. The van der Waals surface area contributed by atoms with Gasteiger partial charge in [0.15, 0.2) is 0 Å². The third-order valence-electron chi connectivity index (χ3n) is 5.05. The Morgan fingerprint density at radius 1 is 1.10 bits per heavy atom. The fourth-order valence-corrected chi connectivity index (χ4v) is 3.36. The number of hydrogen-bond donors (Lipinski definition) is 0. The average molecular weight is 416 g/mol. The highest BCUT2D eigenvalue weighted by atomic mass is 19.3. The van der Waals surface area contributed by atoms with Gasteiger partial charge in [-0.15, -0.1) is 0 Å². The van der Waals surface area contributed by atoms with Crippen molar-refractivity contribution in [2.75, 3.05) is 26.2 Å². The van der Waals surface area contributed by atoms with Crippen LogP contribution >= 0.6 is 0 Å². The molecule has 1 aliphatic heterocycles. The molecule has 0 aliphatic carbocycles. The zero-order chi connectivity index (χ0) is 21.1. The van der Waals surface area contributed by atoms with E-state index in [1.54, 1.807) is 4.90 Å². The van der Waals surface area contributed by atoms with Crippen LogP contribution in [0.2, 0.25) is 0 Å². The second kappa shape index (κ2) is 8.93. The molecule has 3 rings (SSSR count). The Hall–Kier alpha value is -2.43. The van der Waals surface area contributed by atoms with Crippen LogP contribution in [-0.2, 0) is 24.4 Å². The predicted octanol–water partition coefficient (Wildman–Crippen LogP) is 2.63. The second-order valence-corrected chi connectivity index (χ2v) is 7.01. The molecule has 0 atom stereocenters. The number of alkyl halides is 4. The molecule has 1 aliphatic rings. The van der Waals surface area contributed by atoms with Crippen molar-refractivity contribution in [2.45, 2.75) is 46.3 Å². The maximum Gasteiger partial charge on any atom is 0.282 e. The van der Waals surface area contributed by atoms with E-state index in [2.05, 4.69) is 15.1 Å². The maximum atomic E-state index is 13.1. The van der Waals surface area contributed by atoms with E-state index in [0.717, 1.165) is 24.3 Å². The van der Waals surface area contributed by atoms with Gasteiger partial charge in [0.25, 0.3) is 12.9 Å². The largest absolute Gasteiger partial charge is 0.339 e. The summed E-state index contributed by atoms with van der Waals surface area (Å²) < 4.78 is 54.2. The topological polar surface area (TPSA) is 59.2 Å². The van der Waals surface area contributed by atoms with Gasteiger partial charge in [-0.25, -0.2) is 17.6 Å². The molecule has 1 amide bonds. The standard InChI is InChI=1S/C18H24F4N6O/c1-3-27-10-13(12(2)23-27)9-25-4-6-26(7-5-25)16(29)11-28-15(18(21)22)8-14(24-28)17(19)20/h8,10,17-18H,3-7,9,11H2,1-2H3. The van der Waals surface area contributed by atoms with E-state index in [0.29, 0.717) is 36.9 Å². The SMILES string of the molecule is CCn1cc(CN2CCN(C(=O)Cn3nc(C(F)F)cc3C(F)F)CC2)c(C)n1. The molecule has 0 aromatic carbocycles. The maximum absolute atomic E-state index is 13.1.